The molecule has 2 heteroatoms. The molecule has 0 aromatic heterocycles. The van der Waals surface area contributed by atoms with Crippen molar-refractivity contribution in [3.05, 3.63) is 0 Å². The maximum absolute atomic E-state index is 3.52. The van der Waals surface area contributed by atoms with Crippen LogP contribution < -0.4 is 5.43 Å². The van der Waals surface area contributed by atoms with Crippen molar-refractivity contribution in [1.29, 1.82) is 0 Å². The van der Waals surface area contributed by atoms with E-state index in [9.17, 15) is 0 Å². The molecule has 0 aromatic rings. The second-order valence-electron chi connectivity index (χ2n) is 4.88. The molecule has 1 aliphatic carbocycles. The molecule has 0 bridgehead atoms. The van der Waals surface area contributed by atoms with Gasteiger partial charge in [-0.2, -0.15) is 0 Å². The van der Waals surface area contributed by atoms with E-state index < -0.39 is 0 Å². The van der Waals surface area contributed by atoms with Crippen molar-refractivity contribution in [2.24, 2.45) is 5.92 Å². The summed E-state index contributed by atoms with van der Waals surface area (Å²) < 4.78 is 0. The lowest BCUT2D eigenvalue weighted by Gasteiger charge is -2.21. The minimum atomic E-state index is 0.729. The van der Waals surface area contributed by atoms with Crippen LogP contribution in [-0.2, 0) is 0 Å². The minimum absolute atomic E-state index is 0.729. The van der Waals surface area contributed by atoms with Gasteiger partial charge in [-0.05, 0) is 25.2 Å². The smallest absolute Gasteiger partial charge is 0.0215 e. The molecule has 1 saturated carbocycles. The largest absolute Gasteiger partial charge is 0.253 e. The number of nitrogens with one attached hydrogen (secondary N) is 1. The highest BCUT2D eigenvalue weighted by Gasteiger charge is 2.18. The average molecular weight is 198 g/mol. The van der Waals surface area contributed by atoms with Gasteiger partial charge in [0.1, 0.15) is 0 Å². The quantitative estimate of drug-likeness (QED) is 0.552. The van der Waals surface area contributed by atoms with Gasteiger partial charge in [-0.3, -0.25) is 10.4 Å². The number of hydrogen-bond acceptors (Lipinski definition) is 2. The number of hydrogen-bond donors (Lipinski definition) is 1. The van der Waals surface area contributed by atoms with E-state index in [4.69, 9.17) is 0 Å². The second-order valence-corrected chi connectivity index (χ2v) is 4.88. The van der Waals surface area contributed by atoms with E-state index in [0.717, 1.165) is 12.0 Å². The summed E-state index contributed by atoms with van der Waals surface area (Å²) in [5, 5.41) is 2.10. The maximum atomic E-state index is 3.52. The normalized spacial score (nSPS) is 29.1. The molecule has 1 aliphatic rings. The van der Waals surface area contributed by atoms with Crippen LogP contribution in [0.25, 0.3) is 0 Å². The Hall–Kier alpha value is -0.0800. The first kappa shape index (κ1) is 12.0. The molecule has 0 amide bonds. The Labute approximate surface area is 89.0 Å². The molecule has 2 atom stereocenters. The highest BCUT2D eigenvalue weighted by atomic mass is 15.5. The molecule has 84 valence electrons. The molecule has 0 radical (unpaired) electrons. The monoisotopic (exact) mass is 198 g/mol. The van der Waals surface area contributed by atoms with E-state index in [1.54, 1.807) is 0 Å². The van der Waals surface area contributed by atoms with Crippen LogP contribution in [0.4, 0.5) is 0 Å². The van der Waals surface area contributed by atoms with Gasteiger partial charge in [-0.25, -0.2) is 0 Å². The summed E-state index contributed by atoms with van der Waals surface area (Å²) in [7, 11) is 4.18. The molecule has 0 saturated heterocycles. The van der Waals surface area contributed by atoms with E-state index in [1.165, 1.54) is 44.9 Å². The fourth-order valence-electron chi connectivity index (χ4n) is 2.57. The summed E-state index contributed by atoms with van der Waals surface area (Å²) >= 11 is 0. The molecule has 1 rings (SSSR count). The van der Waals surface area contributed by atoms with Crippen LogP contribution in [0.5, 0.6) is 0 Å². The van der Waals surface area contributed by atoms with E-state index in [2.05, 4.69) is 31.5 Å². The summed E-state index contributed by atoms with van der Waals surface area (Å²) in [5.41, 5.74) is 3.52. The Balaban J connectivity index is 2.25. The van der Waals surface area contributed by atoms with Gasteiger partial charge in [0.15, 0.2) is 0 Å². The Bertz CT molecular complexity index is 145. The lowest BCUT2D eigenvalue weighted by Crippen LogP contribution is -2.39. The lowest BCUT2D eigenvalue weighted by molar-refractivity contribution is 0.226. The third-order valence-corrected chi connectivity index (χ3v) is 3.23. The topological polar surface area (TPSA) is 15.3 Å². The summed E-state index contributed by atoms with van der Waals surface area (Å²) in [6, 6.07) is 0.729. The number of nitrogens with zero attached hydrogens (tertiary/aromatic N) is 1. The van der Waals surface area contributed by atoms with E-state index in [-0.39, 0.29) is 0 Å². The highest BCUT2D eigenvalue weighted by Crippen LogP contribution is 2.26. The first-order valence-corrected chi connectivity index (χ1v) is 6.16. The summed E-state index contributed by atoms with van der Waals surface area (Å²) in [4.78, 5) is 0. The minimum Gasteiger partial charge on any atom is -0.253 e. The third kappa shape index (κ3) is 4.43. The molecular weight excluding hydrogens is 172 g/mol. The zero-order valence-corrected chi connectivity index (χ0v) is 10.1. The van der Waals surface area contributed by atoms with Crippen LogP contribution in [0.1, 0.15) is 51.9 Å². The maximum Gasteiger partial charge on any atom is 0.0215 e. The summed E-state index contributed by atoms with van der Waals surface area (Å²) in [6.45, 7) is 2.31. The van der Waals surface area contributed by atoms with Crippen molar-refractivity contribution in [3.8, 4) is 0 Å². The molecule has 14 heavy (non-hydrogen) atoms. The Kier molecular flexibility index (Phi) is 5.49. The Morgan fingerprint density at radius 2 is 1.93 bits per heavy atom. The van der Waals surface area contributed by atoms with Crippen molar-refractivity contribution in [1.82, 2.24) is 10.4 Å². The zero-order chi connectivity index (χ0) is 10.4. The van der Waals surface area contributed by atoms with Gasteiger partial charge in [-0.15, -0.1) is 0 Å². The van der Waals surface area contributed by atoms with Gasteiger partial charge in [0.2, 0.25) is 0 Å². The van der Waals surface area contributed by atoms with E-state index in [0.29, 0.717) is 0 Å². The van der Waals surface area contributed by atoms with Crippen LogP contribution in [0.3, 0.4) is 0 Å². The van der Waals surface area contributed by atoms with Crippen LogP contribution in [0.15, 0.2) is 0 Å². The van der Waals surface area contributed by atoms with Crippen LogP contribution >= 0.6 is 0 Å². The van der Waals surface area contributed by atoms with Crippen molar-refractivity contribution in [3.63, 3.8) is 0 Å². The van der Waals surface area contributed by atoms with Crippen LogP contribution in [0, 0.1) is 5.92 Å². The zero-order valence-electron chi connectivity index (χ0n) is 10.1. The first-order chi connectivity index (χ1) is 6.72. The lowest BCUT2D eigenvalue weighted by atomic mass is 9.95. The van der Waals surface area contributed by atoms with Crippen molar-refractivity contribution < 1.29 is 0 Å². The van der Waals surface area contributed by atoms with Gasteiger partial charge >= 0.3 is 0 Å². The SMILES string of the molecule is CCCC1CCCC(NN(C)C)CC1. The first-order valence-electron chi connectivity index (χ1n) is 6.16. The van der Waals surface area contributed by atoms with Gasteiger partial charge < -0.3 is 0 Å². The molecule has 2 nitrogen and oxygen atoms in total. The molecule has 2 unspecified atom stereocenters. The average Bonchev–Trinajstić information content (AvgIpc) is 2.31. The molecule has 0 heterocycles. The molecule has 1 N–H and O–H groups in total. The predicted octanol–water partition coefficient (Wildman–Crippen LogP) is 2.80. The third-order valence-electron chi connectivity index (χ3n) is 3.23. The van der Waals surface area contributed by atoms with Crippen molar-refractivity contribution in [2.45, 2.75) is 57.9 Å². The Morgan fingerprint density at radius 1 is 1.14 bits per heavy atom. The number of hydrazine groups is 1. The van der Waals surface area contributed by atoms with Crippen molar-refractivity contribution in [2.75, 3.05) is 14.1 Å². The van der Waals surface area contributed by atoms with E-state index >= 15 is 0 Å². The molecule has 0 aromatic carbocycles. The Morgan fingerprint density at radius 3 is 2.57 bits per heavy atom. The van der Waals surface area contributed by atoms with Gasteiger partial charge in [0, 0.05) is 20.1 Å². The molecule has 0 spiro atoms. The van der Waals surface area contributed by atoms with Crippen LogP contribution in [0.2, 0.25) is 0 Å². The summed E-state index contributed by atoms with van der Waals surface area (Å²) in [5.74, 6) is 1.01. The van der Waals surface area contributed by atoms with E-state index in [1.807, 2.05) is 0 Å². The number of rotatable bonds is 4. The second kappa shape index (κ2) is 6.41. The molecule has 0 aliphatic heterocycles. The van der Waals surface area contributed by atoms with Gasteiger partial charge in [-0.1, -0.05) is 32.6 Å². The summed E-state index contributed by atoms with van der Waals surface area (Å²) in [6.07, 6.45) is 9.82. The van der Waals surface area contributed by atoms with Crippen molar-refractivity contribution >= 4 is 0 Å². The fourth-order valence-corrected chi connectivity index (χ4v) is 2.57. The standard InChI is InChI=1S/C12H26N2/c1-4-6-11-7-5-8-12(10-9-11)13-14(2)3/h11-13H,4-10H2,1-3H3. The highest BCUT2D eigenvalue weighted by molar-refractivity contribution is 4.73. The van der Waals surface area contributed by atoms with Gasteiger partial charge in [0.25, 0.3) is 0 Å². The predicted molar refractivity (Wildman–Crippen MR) is 62.1 cm³/mol. The van der Waals surface area contributed by atoms with Gasteiger partial charge in [0.05, 0.1) is 0 Å². The fraction of sp³-hybridized carbons (Fsp3) is 1.00. The van der Waals surface area contributed by atoms with Crippen LogP contribution in [-0.4, -0.2) is 25.1 Å². The molecular formula is C12H26N2. The molecule has 1 fully saturated rings.